The molecule has 2 amide bonds. The maximum absolute atomic E-state index is 13.2. The lowest BCUT2D eigenvalue weighted by atomic mass is 9.70. The molecule has 0 aliphatic heterocycles. The highest BCUT2D eigenvalue weighted by atomic mass is 35.5. The average Bonchev–Trinajstić information content (AvgIpc) is 2.87. The van der Waals surface area contributed by atoms with Crippen LogP contribution in [0.5, 0.6) is 0 Å². The minimum atomic E-state index is -5.00. The number of amides is 2. The predicted molar refractivity (Wildman–Crippen MR) is 142 cm³/mol. The van der Waals surface area contributed by atoms with Crippen molar-refractivity contribution >= 4 is 23.3 Å². The van der Waals surface area contributed by atoms with Gasteiger partial charge in [0.25, 0.3) is 0 Å². The van der Waals surface area contributed by atoms with Crippen LogP contribution < -0.4 is 10.6 Å². The van der Waals surface area contributed by atoms with Gasteiger partial charge in [0.1, 0.15) is 0 Å². The number of allylic oxidation sites excluding steroid dienone is 4. The molecule has 10 heteroatoms. The van der Waals surface area contributed by atoms with E-state index in [9.17, 15) is 31.1 Å². The van der Waals surface area contributed by atoms with Crippen molar-refractivity contribution in [1.29, 1.82) is 0 Å². The summed E-state index contributed by atoms with van der Waals surface area (Å²) in [5.74, 6) is 1.34. The first-order valence-corrected chi connectivity index (χ1v) is 13.9. The number of hydrogen-bond donors (Lipinski definition) is 2. The Morgan fingerprint density at radius 3 is 2.18 bits per heavy atom. The number of halogens is 7. The third kappa shape index (κ3) is 9.19. The number of alkyl halides is 6. The second kappa shape index (κ2) is 13.0. The minimum Gasteiger partial charge on any atom is -0.338 e. The fraction of sp³-hybridized carbons (Fsp3) is 0.621. The first-order chi connectivity index (χ1) is 18.2. The van der Waals surface area contributed by atoms with Crippen LogP contribution in [0.1, 0.15) is 82.8 Å². The van der Waals surface area contributed by atoms with Crippen LogP contribution in [0.3, 0.4) is 0 Å². The Hall–Kier alpha value is -2.16. The van der Waals surface area contributed by atoms with Crippen LogP contribution in [0.25, 0.3) is 0 Å². The van der Waals surface area contributed by atoms with Gasteiger partial charge in [0, 0.05) is 17.3 Å². The van der Waals surface area contributed by atoms with Crippen LogP contribution in [0, 0.1) is 23.2 Å². The fourth-order valence-electron chi connectivity index (χ4n) is 5.73. The molecule has 0 radical (unpaired) electrons. The Morgan fingerprint density at radius 1 is 1.03 bits per heavy atom. The summed E-state index contributed by atoms with van der Waals surface area (Å²) in [7, 11) is 0. The molecule has 2 N–H and O–H groups in total. The molecule has 1 saturated carbocycles. The maximum Gasteiger partial charge on any atom is 0.416 e. The molecule has 0 spiro atoms. The topological polar surface area (TPSA) is 41.1 Å². The molecule has 0 saturated heterocycles. The van der Waals surface area contributed by atoms with Crippen molar-refractivity contribution in [3.63, 3.8) is 0 Å². The second-order valence-electron chi connectivity index (χ2n) is 11.3. The van der Waals surface area contributed by atoms with Crippen LogP contribution >= 0.6 is 11.6 Å². The summed E-state index contributed by atoms with van der Waals surface area (Å²) in [5, 5.41) is 5.48. The van der Waals surface area contributed by atoms with Gasteiger partial charge in [-0.3, -0.25) is 0 Å². The van der Waals surface area contributed by atoms with Gasteiger partial charge in [0.05, 0.1) is 11.1 Å². The van der Waals surface area contributed by atoms with Crippen molar-refractivity contribution in [2.45, 2.75) is 84.0 Å². The summed E-state index contributed by atoms with van der Waals surface area (Å²) in [4.78, 5) is 12.6. The van der Waals surface area contributed by atoms with E-state index in [1.807, 2.05) is 18.2 Å². The third-order valence-electron chi connectivity index (χ3n) is 8.31. The van der Waals surface area contributed by atoms with Gasteiger partial charge in [-0.25, -0.2) is 4.79 Å². The molecule has 1 fully saturated rings. The second-order valence-corrected chi connectivity index (χ2v) is 11.7. The van der Waals surface area contributed by atoms with E-state index in [0.717, 1.165) is 25.2 Å². The van der Waals surface area contributed by atoms with E-state index in [0.29, 0.717) is 29.5 Å². The number of anilines is 1. The van der Waals surface area contributed by atoms with Gasteiger partial charge in [-0.15, -0.1) is 0 Å². The van der Waals surface area contributed by atoms with Gasteiger partial charge in [-0.1, -0.05) is 82.5 Å². The fourth-order valence-corrected chi connectivity index (χ4v) is 5.87. The molecule has 1 aromatic carbocycles. The molecular formula is C29H37ClF6N2O. The van der Waals surface area contributed by atoms with Crippen LogP contribution in [0.4, 0.5) is 36.8 Å². The lowest BCUT2D eigenvalue weighted by molar-refractivity contribution is -0.143. The Bertz CT molecular complexity index is 1010. The Morgan fingerprint density at radius 2 is 1.64 bits per heavy atom. The molecule has 2 aliphatic rings. The molecule has 218 valence electrons. The smallest absolute Gasteiger partial charge is 0.338 e. The average molecular weight is 579 g/mol. The first kappa shape index (κ1) is 31.4. The quantitative estimate of drug-likeness (QED) is 0.281. The van der Waals surface area contributed by atoms with E-state index in [1.165, 1.54) is 32.1 Å². The van der Waals surface area contributed by atoms with Crippen LogP contribution in [0.15, 0.2) is 41.5 Å². The molecular weight excluding hydrogens is 542 g/mol. The van der Waals surface area contributed by atoms with Gasteiger partial charge >= 0.3 is 18.4 Å². The summed E-state index contributed by atoms with van der Waals surface area (Å²) >= 11 is 6.12. The van der Waals surface area contributed by atoms with Crippen molar-refractivity contribution in [1.82, 2.24) is 5.32 Å². The van der Waals surface area contributed by atoms with E-state index >= 15 is 0 Å². The standard InChI is InChI=1S/C29H37ClF6N2O/c1-19(20-8-4-3-5-9-20)7-6-10-21(27(2)13-11-24(30)12-14-27)18-37-26(39)38-25-16-22(28(31,32)33)15-23(17-25)29(34,35)36/h11-13,15-17,19-21H,3-10,14,18H2,1-2H3,(H2,37,38,39). The normalized spacial score (nSPS) is 22.2. The minimum absolute atomic E-state index is 0.00804. The highest BCUT2D eigenvalue weighted by Gasteiger charge is 2.37. The molecule has 0 bridgehead atoms. The molecule has 3 rings (SSSR count). The van der Waals surface area contributed by atoms with Crippen LogP contribution in [0.2, 0.25) is 0 Å². The van der Waals surface area contributed by atoms with Crippen molar-refractivity contribution < 1.29 is 31.1 Å². The van der Waals surface area contributed by atoms with Gasteiger partial charge in [-0.2, -0.15) is 26.3 Å². The molecule has 3 nitrogen and oxygen atoms in total. The Labute approximate surface area is 231 Å². The zero-order valence-corrected chi connectivity index (χ0v) is 23.1. The van der Waals surface area contributed by atoms with Crippen molar-refractivity contribution in [2.24, 2.45) is 23.2 Å². The third-order valence-corrected chi connectivity index (χ3v) is 8.59. The Kier molecular flexibility index (Phi) is 10.5. The molecule has 0 heterocycles. The van der Waals surface area contributed by atoms with Gasteiger partial charge in [0.15, 0.2) is 0 Å². The summed E-state index contributed by atoms with van der Waals surface area (Å²) in [5.41, 5.74) is -3.85. The highest BCUT2D eigenvalue weighted by molar-refractivity contribution is 6.31. The zero-order valence-electron chi connectivity index (χ0n) is 22.3. The lowest BCUT2D eigenvalue weighted by Gasteiger charge is -2.37. The monoisotopic (exact) mass is 578 g/mol. The lowest BCUT2D eigenvalue weighted by Crippen LogP contribution is -2.39. The van der Waals surface area contributed by atoms with Crippen molar-refractivity contribution in [3.05, 3.63) is 52.6 Å². The van der Waals surface area contributed by atoms with Crippen molar-refractivity contribution in [2.75, 3.05) is 11.9 Å². The number of rotatable bonds is 9. The molecule has 1 aromatic rings. The van der Waals surface area contributed by atoms with Crippen LogP contribution in [-0.2, 0) is 12.4 Å². The number of urea groups is 1. The zero-order chi connectivity index (χ0) is 28.8. The highest BCUT2D eigenvalue weighted by Crippen LogP contribution is 2.41. The summed E-state index contributed by atoms with van der Waals surface area (Å²) in [6.07, 6.45) is 5.66. The van der Waals surface area contributed by atoms with E-state index in [-0.39, 0.29) is 23.9 Å². The molecule has 3 unspecified atom stereocenters. The molecule has 39 heavy (non-hydrogen) atoms. The van der Waals surface area contributed by atoms with E-state index < -0.39 is 35.2 Å². The van der Waals surface area contributed by atoms with Crippen molar-refractivity contribution in [3.8, 4) is 0 Å². The predicted octanol–water partition coefficient (Wildman–Crippen LogP) is 9.94. The number of carbonyl (C=O) groups excluding carboxylic acids is 1. The summed E-state index contributed by atoms with van der Waals surface area (Å²) < 4.78 is 79.1. The maximum atomic E-state index is 13.2. The number of benzene rings is 1. The molecule has 3 atom stereocenters. The first-order valence-electron chi connectivity index (χ1n) is 13.6. The van der Waals surface area contributed by atoms with E-state index in [1.54, 1.807) is 0 Å². The van der Waals surface area contributed by atoms with Gasteiger partial charge in [0.2, 0.25) is 0 Å². The summed E-state index contributed by atoms with van der Waals surface area (Å²) in [6.45, 7) is 4.58. The summed E-state index contributed by atoms with van der Waals surface area (Å²) in [6, 6.07) is 0.163. The number of nitrogens with one attached hydrogen (secondary N) is 2. The largest absolute Gasteiger partial charge is 0.416 e. The molecule has 2 aliphatic carbocycles. The van der Waals surface area contributed by atoms with Crippen LogP contribution in [-0.4, -0.2) is 12.6 Å². The van der Waals surface area contributed by atoms with Gasteiger partial charge < -0.3 is 10.6 Å². The Balaban J connectivity index is 1.66. The number of hydrogen-bond acceptors (Lipinski definition) is 1. The molecule has 0 aromatic heterocycles. The number of carbonyl (C=O) groups is 1. The SMILES string of the molecule is CC(CCCC(CNC(=O)Nc1cc(C(F)(F)F)cc(C(F)(F)F)c1)C1(C)C=CC(Cl)=CC1)C1CCCCC1. The van der Waals surface area contributed by atoms with E-state index in [2.05, 4.69) is 24.5 Å². The van der Waals surface area contributed by atoms with E-state index in [4.69, 9.17) is 11.6 Å². The van der Waals surface area contributed by atoms with Gasteiger partial charge in [-0.05, 0) is 60.3 Å².